The molecule has 106 valence electrons. The van der Waals surface area contributed by atoms with Crippen LogP contribution >= 0.6 is 15.9 Å². The minimum absolute atomic E-state index is 0.144. The van der Waals surface area contributed by atoms with Gasteiger partial charge in [-0.1, -0.05) is 29.8 Å². The van der Waals surface area contributed by atoms with Gasteiger partial charge in [-0.15, -0.1) is 0 Å². The van der Waals surface area contributed by atoms with Gasteiger partial charge in [0.05, 0.1) is 5.60 Å². The standard InChI is InChI=1S/C15H22BrNO2/c1-10(2)8-15(4,19)9-17-14(18)13-6-5-12(16)7-11(13)3/h5-7,10,19H,8-9H2,1-4H3,(H,17,18). The summed E-state index contributed by atoms with van der Waals surface area (Å²) in [5, 5.41) is 13.0. The maximum Gasteiger partial charge on any atom is 0.251 e. The molecule has 0 heterocycles. The van der Waals surface area contributed by atoms with Gasteiger partial charge in [0.15, 0.2) is 0 Å². The monoisotopic (exact) mass is 327 g/mol. The molecule has 3 nitrogen and oxygen atoms in total. The van der Waals surface area contributed by atoms with E-state index in [1.807, 2.05) is 19.1 Å². The number of carbonyl (C=O) groups excluding carboxylic acids is 1. The molecule has 0 aromatic heterocycles. The summed E-state index contributed by atoms with van der Waals surface area (Å²) >= 11 is 3.37. The van der Waals surface area contributed by atoms with Gasteiger partial charge in [-0.05, 0) is 49.9 Å². The molecular formula is C15H22BrNO2. The maximum absolute atomic E-state index is 12.1. The zero-order chi connectivity index (χ0) is 14.6. The normalized spacial score (nSPS) is 14.3. The summed E-state index contributed by atoms with van der Waals surface area (Å²) in [6.07, 6.45) is 0.659. The Morgan fingerprint density at radius 1 is 1.47 bits per heavy atom. The molecule has 0 aliphatic heterocycles. The lowest BCUT2D eigenvalue weighted by molar-refractivity contribution is 0.0368. The van der Waals surface area contributed by atoms with Crippen molar-refractivity contribution in [1.82, 2.24) is 5.32 Å². The van der Waals surface area contributed by atoms with Gasteiger partial charge in [0, 0.05) is 16.6 Å². The molecule has 0 aliphatic carbocycles. The molecule has 0 bridgehead atoms. The fraction of sp³-hybridized carbons (Fsp3) is 0.533. The van der Waals surface area contributed by atoms with Crippen LogP contribution in [-0.4, -0.2) is 23.2 Å². The molecule has 2 N–H and O–H groups in total. The van der Waals surface area contributed by atoms with Gasteiger partial charge in [-0.3, -0.25) is 4.79 Å². The number of nitrogens with one attached hydrogen (secondary N) is 1. The fourth-order valence-electron chi connectivity index (χ4n) is 2.20. The summed E-state index contributed by atoms with van der Waals surface area (Å²) in [4.78, 5) is 12.1. The molecule has 1 amide bonds. The van der Waals surface area contributed by atoms with Crippen molar-refractivity contribution < 1.29 is 9.90 Å². The van der Waals surface area contributed by atoms with E-state index >= 15 is 0 Å². The number of benzene rings is 1. The van der Waals surface area contributed by atoms with Crippen LogP contribution in [0.3, 0.4) is 0 Å². The number of hydrogen-bond acceptors (Lipinski definition) is 2. The Bertz CT molecular complexity index is 455. The summed E-state index contributed by atoms with van der Waals surface area (Å²) in [6.45, 7) is 8.01. The molecule has 0 aliphatic rings. The summed E-state index contributed by atoms with van der Waals surface area (Å²) in [6, 6.07) is 5.53. The van der Waals surface area contributed by atoms with E-state index in [9.17, 15) is 9.90 Å². The second-order valence-electron chi connectivity index (χ2n) is 5.74. The Balaban J connectivity index is 2.65. The SMILES string of the molecule is Cc1cc(Br)ccc1C(=O)NCC(C)(O)CC(C)C. The van der Waals surface area contributed by atoms with Gasteiger partial charge in [0.1, 0.15) is 0 Å². The van der Waals surface area contributed by atoms with Crippen LogP contribution in [0.25, 0.3) is 0 Å². The molecule has 19 heavy (non-hydrogen) atoms. The second-order valence-corrected chi connectivity index (χ2v) is 6.65. The van der Waals surface area contributed by atoms with Crippen molar-refractivity contribution >= 4 is 21.8 Å². The minimum atomic E-state index is -0.868. The molecule has 1 aromatic rings. The van der Waals surface area contributed by atoms with Gasteiger partial charge in [0.2, 0.25) is 0 Å². The van der Waals surface area contributed by atoms with Gasteiger partial charge in [-0.2, -0.15) is 0 Å². The smallest absolute Gasteiger partial charge is 0.251 e. The highest BCUT2D eigenvalue weighted by atomic mass is 79.9. The fourth-order valence-corrected chi connectivity index (χ4v) is 2.67. The van der Waals surface area contributed by atoms with Crippen LogP contribution in [0.1, 0.15) is 43.1 Å². The van der Waals surface area contributed by atoms with E-state index in [2.05, 4.69) is 35.1 Å². The quantitative estimate of drug-likeness (QED) is 0.871. The minimum Gasteiger partial charge on any atom is -0.388 e. The molecule has 1 unspecified atom stereocenters. The Kier molecular flexibility index (Phi) is 5.56. The second kappa shape index (κ2) is 6.53. The van der Waals surface area contributed by atoms with E-state index in [-0.39, 0.29) is 12.5 Å². The number of aliphatic hydroxyl groups is 1. The van der Waals surface area contributed by atoms with Crippen LogP contribution in [0.2, 0.25) is 0 Å². The van der Waals surface area contributed by atoms with Crippen molar-refractivity contribution in [3.8, 4) is 0 Å². The van der Waals surface area contributed by atoms with Crippen molar-refractivity contribution in [1.29, 1.82) is 0 Å². The van der Waals surface area contributed by atoms with Crippen molar-refractivity contribution in [3.63, 3.8) is 0 Å². The Morgan fingerprint density at radius 3 is 2.63 bits per heavy atom. The van der Waals surface area contributed by atoms with E-state index in [1.165, 1.54) is 0 Å². The lowest BCUT2D eigenvalue weighted by Crippen LogP contribution is -2.41. The summed E-state index contributed by atoms with van der Waals surface area (Å²) in [5.74, 6) is 0.246. The van der Waals surface area contributed by atoms with E-state index in [1.54, 1.807) is 13.0 Å². The van der Waals surface area contributed by atoms with Crippen LogP contribution in [0.15, 0.2) is 22.7 Å². The Morgan fingerprint density at radius 2 is 2.11 bits per heavy atom. The summed E-state index contributed by atoms with van der Waals surface area (Å²) in [7, 11) is 0. The first-order valence-electron chi connectivity index (χ1n) is 6.48. The first-order chi connectivity index (χ1) is 8.71. The number of amides is 1. The number of rotatable bonds is 5. The third-order valence-corrected chi connectivity index (χ3v) is 3.40. The van der Waals surface area contributed by atoms with Gasteiger partial charge < -0.3 is 10.4 Å². The molecule has 0 saturated heterocycles. The van der Waals surface area contributed by atoms with Crippen LogP contribution in [0, 0.1) is 12.8 Å². The van der Waals surface area contributed by atoms with E-state index in [0.29, 0.717) is 17.9 Å². The van der Waals surface area contributed by atoms with E-state index in [4.69, 9.17) is 0 Å². The van der Waals surface area contributed by atoms with Crippen LogP contribution < -0.4 is 5.32 Å². The largest absolute Gasteiger partial charge is 0.388 e. The summed E-state index contributed by atoms with van der Waals surface area (Å²) < 4.78 is 0.952. The summed E-state index contributed by atoms with van der Waals surface area (Å²) in [5.41, 5.74) is 0.687. The van der Waals surface area contributed by atoms with Gasteiger partial charge in [0.25, 0.3) is 5.91 Å². The number of carbonyl (C=O) groups is 1. The maximum atomic E-state index is 12.1. The molecule has 4 heteroatoms. The van der Waals surface area contributed by atoms with Crippen molar-refractivity contribution in [2.75, 3.05) is 6.54 Å². The third kappa shape index (κ3) is 5.33. The molecule has 0 spiro atoms. The highest BCUT2D eigenvalue weighted by Crippen LogP contribution is 2.17. The zero-order valence-corrected chi connectivity index (χ0v) is 13.5. The predicted molar refractivity (Wildman–Crippen MR) is 81.3 cm³/mol. The lowest BCUT2D eigenvalue weighted by Gasteiger charge is -2.25. The molecular weight excluding hydrogens is 306 g/mol. The Labute approximate surface area is 123 Å². The molecule has 1 rings (SSSR count). The van der Waals surface area contributed by atoms with Crippen LogP contribution in [0.4, 0.5) is 0 Å². The zero-order valence-electron chi connectivity index (χ0n) is 12.0. The van der Waals surface area contributed by atoms with Crippen LogP contribution in [0.5, 0.6) is 0 Å². The average Bonchev–Trinajstić information content (AvgIpc) is 2.24. The molecule has 0 radical (unpaired) electrons. The number of aryl methyl sites for hydroxylation is 1. The molecule has 0 saturated carbocycles. The highest BCUT2D eigenvalue weighted by molar-refractivity contribution is 9.10. The highest BCUT2D eigenvalue weighted by Gasteiger charge is 2.23. The number of halogens is 1. The van der Waals surface area contributed by atoms with Gasteiger partial charge in [-0.25, -0.2) is 0 Å². The van der Waals surface area contributed by atoms with Crippen molar-refractivity contribution in [2.24, 2.45) is 5.92 Å². The molecule has 1 atom stereocenters. The van der Waals surface area contributed by atoms with Crippen LogP contribution in [-0.2, 0) is 0 Å². The van der Waals surface area contributed by atoms with Gasteiger partial charge >= 0.3 is 0 Å². The first-order valence-corrected chi connectivity index (χ1v) is 7.27. The predicted octanol–water partition coefficient (Wildman–Crippen LogP) is 3.28. The topological polar surface area (TPSA) is 49.3 Å². The van der Waals surface area contributed by atoms with Crippen molar-refractivity contribution in [2.45, 2.75) is 39.7 Å². The van der Waals surface area contributed by atoms with E-state index < -0.39 is 5.60 Å². The average molecular weight is 328 g/mol. The van der Waals surface area contributed by atoms with Crippen molar-refractivity contribution in [3.05, 3.63) is 33.8 Å². The Hall–Kier alpha value is -0.870. The van der Waals surface area contributed by atoms with E-state index in [0.717, 1.165) is 10.0 Å². The molecule has 0 fully saturated rings. The molecule has 1 aromatic carbocycles. The number of hydrogen-bond donors (Lipinski definition) is 2. The third-order valence-electron chi connectivity index (χ3n) is 2.91. The first kappa shape index (κ1) is 16.2. The lowest BCUT2D eigenvalue weighted by atomic mass is 9.94.